The molecule has 0 unspecified atom stereocenters. The zero-order valence-electron chi connectivity index (χ0n) is 19.5. The highest BCUT2D eigenvalue weighted by atomic mass is 35.5. The maximum absolute atomic E-state index is 13.6. The number of nitrogens with two attached hydrogens (primary N) is 1. The number of benzene rings is 1. The first-order chi connectivity index (χ1) is 16.3. The van der Waals surface area contributed by atoms with Gasteiger partial charge in [-0.05, 0) is 31.5 Å². The second-order valence-electron chi connectivity index (χ2n) is 7.77. The monoisotopic (exact) mass is 484 g/mol. The van der Waals surface area contributed by atoms with E-state index in [1.165, 1.54) is 9.13 Å². The number of halogens is 1. The van der Waals surface area contributed by atoms with Gasteiger partial charge in [-0.15, -0.1) is 0 Å². The van der Waals surface area contributed by atoms with Crippen molar-refractivity contribution in [2.75, 3.05) is 27.1 Å². The van der Waals surface area contributed by atoms with Crippen molar-refractivity contribution in [2.24, 2.45) is 0 Å². The van der Waals surface area contributed by atoms with Crippen molar-refractivity contribution < 1.29 is 14.2 Å². The number of fused-ring (bicyclic) bond motifs is 1. The third-order valence-corrected chi connectivity index (χ3v) is 5.90. The Morgan fingerprint density at radius 2 is 1.65 bits per heavy atom. The molecular weight excluding hydrogens is 460 g/mol. The van der Waals surface area contributed by atoms with E-state index < -0.39 is 0 Å². The fourth-order valence-corrected chi connectivity index (χ4v) is 4.27. The molecular formula is C23H25ClN6O4. The van der Waals surface area contributed by atoms with Crippen LogP contribution in [0.2, 0.25) is 5.15 Å². The van der Waals surface area contributed by atoms with Crippen LogP contribution in [0.15, 0.2) is 29.2 Å². The number of imidazole rings is 1. The molecule has 4 aromatic rings. The number of hydrogen-bond donors (Lipinski definition) is 1. The van der Waals surface area contributed by atoms with E-state index in [1.54, 1.807) is 33.6 Å². The Morgan fingerprint density at radius 1 is 0.971 bits per heavy atom. The van der Waals surface area contributed by atoms with Gasteiger partial charge in [0.1, 0.15) is 22.8 Å². The van der Waals surface area contributed by atoms with Gasteiger partial charge in [0.05, 0.1) is 40.1 Å². The minimum Gasteiger partial charge on any atom is -0.497 e. The summed E-state index contributed by atoms with van der Waals surface area (Å²) >= 11 is 6.45. The lowest BCUT2D eigenvalue weighted by atomic mass is 10.1. The second-order valence-corrected chi connectivity index (χ2v) is 8.12. The van der Waals surface area contributed by atoms with E-state index in [9.17, 15) is 4.79 Å². The molecule has 0 bridgehead atoms. The first-order valence-corrected chi connectivity index (χ1v) is 10.8. The van der Waals surface area contributed by atoms with E-state index in [0.29, 0.717) is 28.4 Å². The minimum absolute atomic E-state index is 0.0300. The molecule has 0 saturated heterocycles. The largest absolute Gasteiger partial charge is 0.497 e. The Labute approximate surface area is 200 Å². The minimum atomic E-state index is -0.334. The number of nitrogens with zero attached hydrogens (tertiary/aromatic N) is 5. The summed E-state index contributed by atoms with van der Waals surface area (Å²) < 4.78 is 19.2. The molecule has 0 amide bonds. The quantitative estimate of drug-likeness (QED) is 0.397. The van der Waals surface area contributed by atoms with Gasteiger partial charge in [-0.2, -0.15) is 9.97 Å². The normalized spacial score (nSPS) is 11.1. The number of ether oxygens (including phenoxy) is 3. The van der Waals surface area contributed by atoms with Crippen LogP contribution in [0.1, 0.15) is 22.4 Å². The van der Waals surface area contributed by atoms with Gasteiger partial charge >= 0.3 is 5.69 Å². The van der Waals surface area contributed by atoms with Crippen molar-refractivity contribution in [2.45, 2.75) is 26.9 Å². The average Bonchev–Trinajstić information content (AvgIpc) is 3.06. The van der Waals surface area contributed by atoms with Crippen molar-refractivity contribution in [3.05, 3.63) is 62.4 Å². The van der Waals surface area contributed by atoms with Gasteiger partial charge in [-0.25, -0.2) is 4.79 Å². The number of anilines is 1. The third kappa shape index (κ3) is 4.12. The first kappa shape index (κ1) is 23.4. The molecule has 0 aliphatic heterocycles. The van der Waals surface area contributed by atoms with Crippen LogP contribution in [0.3, 0.4) is 0 Å². The first-order valence-electron chi connectivity index (χ1n) is 10.4. The summed E-state index contributed by atoms with van der Waals surface area (Å²) in [5.74, 6) is 1.89. The second kappa shape index (κ2) is 9.22. The third-order valence-electron chi connectivity index (χ3n) is 5.64. The van der Waals surface area contributed by atoms with E-state index in [1.807, 2.05) is 26.0 Å². The molecule has 0 spiro atoms. The number of nitrogen functional groups attached to an aromatic ring is 1. The molecule has 3 aromatic heterocycles. The van der Waals surface area contributed by atoms with Gasteiger partial charge in [0.25, 0.3) is 0 Å². The summed E-state index contributed by atoms with van der Waals surface area (Å²) in [4.78, 5) is 26.6. The molecule has 11 heteroatoms. The fraction of sp³-hybridized carbons (Fsp3) is 0.304. The molecule has 34 heavy (non-hydrogen) atoms. The predicted octanol–water partition coefficient (Wildman–Crippen LogP) is 2.96. The van der Waals surface area contributed by atoms with Crippen LogP contribution in [0.25, 0.3) is 11.2 Å². The molecule has 3 heterocycles. The summed E-state index contributed by atoms with van der Waals surface area (Å²) in [7, 11) is 4.73. The van der Waals surface area contributed by atoms with Crippen LogP contribution in [0.4, 0.5) is 5.95 Å². The van der Waals surface area contributed by atoms with Gasteiger partial charge in [0.15, 0.2) is 10.8 Å². The van der Waals surface area contributed by atoms with E-state index in [4.69, 9.17) is 31.5 Å². The molecule has 0 aliphatic carbocycles. The number of aromatic nitrogens is 5. The molecule has 178 valence electrons. The molecule has 0 fully saturated rings. The molecule has 4 rings (SSSR count). The zero-order chi connectivity index (χ0) is 24.6. The molecule has 2 N–H and O–H groups in total. The highest BCUT2D eigenvalue weighted by molar-refractivity contribution is 6.33. The van der Waals surface area contributed by atoms with Gasteiger partial charge < -0.3 is 19.9 Å². The Kier molecular flexibility index (Phi) is 6.34. The van der Waals surface area contributed by atoms with Crippen LogP contribution in [0, 0.1) is 13.8 Å². The van der Waals surface area contributed by atoms with Gasteiger partial charge in [-0.1, -0.05) is 11.6 Å². The van der Waals surface area contributed by atoms with Crippen LogP contribution in [0.5, 0.6) is 17.2 Å². The summed E-state index contributed by atoms with van der Waals surface area (Å²) in [6.45, 7) is 4.15. The number of pyridine rings is 1. The van der Waals surface area contributed by atoms with Crippen molar-refractivity contribution >= 4 is 28.7 Å². The van der Waals surface area contributed by atoms with Crippen molar-refractivity contribution in [1.82, 2.24) is 24.1 Å². The smallest absolute Gasteiger partial charge is 0.331 e. The molecule has 0 radical (unpaired) electrons. The van der Waals surface area contributed by atoms with E-state index in [2.05, 4.69) is 15.0 Å². The fourth-order valence-electron chi connectivity index (χ4n) is 3.99. The predicted molar refractivity (Wildman–Crippen MR) is 129 cm³/mol. The van der Waals surface area contributed by atoms with Crippen LogP contribution in [-0.2, 0) is 13.1 Å². The lowest BCUT2D eigenvalue weighted by molar-refractivity contribution is 0.393. The SMILES string of the molecule is COc1cc(Cn2c(=O)n(Cc3ncc(C)c(OC)c3C)c3nc(N)nc(Cl)c32)cc(OC)c1. The van der Waals surface area contributed by atoms with Crippen molar-refractivity contribution in [3.63, 3.8) is 0 Å². The lowest BCUT2D eigenvalue weighted by Gasteiger charge is -2.12. The molecule has 10 nitrogen and oxygen atoms in total. The topological polar surface area (TPSA) is 119 Å². The van der Waals surface area contributed by atoms with E-state index >= 15 is 0 Å². The van der Waals surface area contributed by atoms with Crippen LogP contribution < -0.4 is 25.6 Å². The highest BCUT2D eigenvalue weighted by Crippen LogP contribution is 2.28. The van der Waals surface area contributed by atoms with E-state index in [-0.39, 0.29) is 29.9 Å². The molecule has 1 aromatic carbocycles. The summed E-state index contributed by atoms with van der Waals surface area (Å²) in [5, 5.41) is 0.0828. The average molecular weight is 485 g/mol. The van der Waals surface area contributed by atoms with Gasteiger partial charge in [-0.3, -0.25) is 14.1 Å². The van der Waals surface area contributed by atoms with Crippen LogP contribution in [-0.4, -0.2) is 45.4 Å². The Morgan fingerprint density at radius 3 is 2.26 bits per heavy atom. The zero-order valence-corrected chi connectivity index (χ0v) is 20.3. The van der Waals surface area contributed by atoms with Gasteiger partial charge in [0, 0.05) is 23.4 Å². The standard InChI is InChI=1S/C23H25ClN6O4/c1-12-9-26-17(13(2)19(12)34-5)11-30-21-18(20(24)27-22(25)28-21)29(23(30)31)10-14-6-15(32-3)8-16(7-14)33-4/h6-9H,10-11H2,1-5H3,(H2,25,27,28). The summed E-state index contributed by atoms with van der Waals surface area (Å²) in [6, 6.07) is 5.40. The van der Waals surface area contributed by atoms with Crippen molar-refractivity contribution in [3.8, 4) is 17.2 Å². The van der Waals surface area contributed by atoms with Crippen LogP contribution >= 0.6 is 11.6 Å². The number of rotatable bonds is 7. The summed E-state index contributed by atoms with van der Waals surface area (Å²) in [5.41, 5.74) is 9.41. The maximum atomic E-state index is 13.6. The lowest BCUT2D eigenvalue weighted by Crippen LogP contribution is -2.26. The van der Waals surface area contributed by atoms with Gasteiger partial charge in [0.2, 0.25) is 5.95 Å². The molecule has 0 saturated carbocycles. The van der Waals surface area contributed by atoms with E-state index in [0.717, 1.165) is 22.4 Å². The number of methoxy groups -OCH3 is 3. The summed E-state index contributed by atoms with van der Waals surface area (Å²) in [6.07, 6.45) is 1.71. The maximum Gasteiger partial charge on any atom is 0.331 e. The van der Waals surface area contributed by atoms with Crippen molar-refractivity contribution in [1.29, 1.82) is 0 Å². The highest BCUT2D eigenvalue weighted by Gasteiger charge is 2.21. The Bertz CT molecular complexity index is 1420. The number of hydrogen-bond acceptors (Lipinski definition) is 8. The molecule has 0 aliphatic rings. The Balaban J connectivity index is 1.89. The molecule has 0 atom stereocenters. The Hall–Kier alpha value is -3.79. The number of aryl methyl sites for hydroxylation is 1.